The van der Waals surface area contributed by atoms with Gasteiger partial charge in [-0.25, -0.2) is 13.1 Å². The molecule has 0 aromatic heterocycles. The molecule has 4 nitrogen and oxygen atoms in total. The third-order valence-electron chi connectivity index (χ3n) is 3.63. The van der Waals surface area contributed by atoms with Gasteiger partial charge in [0.25, 0.3) is 0 Å². The molecular weight excluding hydrogens is 260 g/mol. The number of hydrogen-bond donors (Lipinski definition) is 2. The molecule has 0 aliphatic heterocycles. The first-order valence-corrected chi connectivity index (χ1v) is 8.29. The molecule has 1 saturated carbocycles. The fourth-order valence-corrected chi connectivity index (χ4v) is 3.85. The van der Waals surface area contributed by atoms with E-state index in [2.05, 4.69) is 4.72 Å². The van der Waals surface area contributed by atoms with Crippen molar-refractivity contribution in [3.05, 3.63) is 23.8 Å². The Morgan fingerprint density at radius 2 is 2.11 bits per heavy atom. The molecule has 3 N–H and O–H groups in total. The van der Waals surface area contributed by atoms with Gasteiger partial charge in [-0.2, -0.15) is 0 Å². The van der Waals surface area contributed by atoms with Gasteiger partial charge in [-0.1, -0.05) is 25.8 Å². The number of benzene rings is 1. The molecule has 0 spiro atoms. The van der Waals surface area contributed by atoms with E-state index < -0.39 is 10.0 Å². The van der Waals surface area contributed by atoms with Gasteiger partial charge < -0.3 is 5.73 Å². The molecule has 1 aliphatic carbocycles. The van der Waals surface area contributed by atoms with E-state index in [1.165, 1.54) is 18.9 Å². The van der Waals surface area contributed by atoms with E-state index in [1.807, 2.05) is 6.92 Å². The van der Waals surface area contributed by atoms with Crippen molar-refractivity contribution in [1.29, 1.82) is 0 Å². The molecular formula is C14H22N2O2S. The molecule has 19 heavy (non-hydrogen) atoms. The van der Waals surface area contributed by atoms with Crippen molar-refractivity contribution in [3.63, 3.8) is 0 Å². The van der Waals surface area contributed by atoms with Gasteiger partial charge in [0.2, 0.25) is 10.0 Å². The molecule has 1 fully saturated rings. The summed E-state index contributed by atoms with van der Waals surface area (Å²) in [6, 6.07) is 5.02. The molecule has 5 heteroatoms. The highest BCUT2D eigenvalue weighted by atomic mass is 32.2. The second-order valence-corrected chi connectivity index (χ2v) is 7.11. The lowest BCUT2D eigenvalue weighted by atomic mass is 10.1. The topological polar surface area (TPSA) is 72.2 Å². The smallest absolute Gasteiger partial charge is 0.241 e. The monoisotopic (exact) mass is 282 g/mol. The number of aryl methyl sites for hydroxylation is 1. The molecule has 1 aromatic rings. The maximum atomic E-state index is 12.4. The van der Waals surface area contributed by atoms with Crippen LogP contribution in [0.15, 0.2) is 23.1 Å². The Morgan fingerprint density at radius 1 is 1.42 bits per heavy atom. The average molecular weight is 282 g/mol. The number of nitrogen functional groups attached to an aromatic ring is 1. The van der Waals surface area contributed by atoms with Crippen LogP contribution in [0.2, 0.25) is 0 Å². The third-order valence-corrected chi connectivity index (χ3v) is 5.29. The van der Waals surface area contributed by atoms with Crippen molar-refractivity contribution < 1.29 is 8.42 Å². The summed E-state index contributed by atoms with van der Waals surface area (Å²) in [5.41, 5.74) is 6.88. The van der Waals surface area contributed by atoms with Gasteiger partial charge >= 0.3 is 0 Å². The predicted octanol–water partition coefficient (Wildman–Crippen LogP) is 2.43. The maximum absolute atomic E-state index is 12.4. The minimum absolute atomic E-state index is 0.0262. The molecule has 0 bridgehead atoms. The van der Waals surface area contributed by atoms with E-state index in [-0.39, 0.29) is 6.04 Å². The van der Waals surface area contributed by atoms with Crippen LogP contribution >= 0.6 is 0 Å². The Kier molecular flexibility index (Phi) is 4.16. The Bertz CT molecular complexity index is 551. The summed E-state index contributed by atoms with van der Waals surface area (Å²) in [6.07, 6.45) is 4.22. The second kappa shape index (κ2) is 5.51. The van der Waals surface area contributed by atoms with Crippen molar-refractivity contribution >= 4 is 15.7 Å². The first-order valence-electron chi connectivity index (χ1n) is 6.81. The van der Waals surface area contributed by atoms with E-state index in [0.717, 1.165) is 18.4 Å². The zero-order valence-electron chi connectivity index (χ0n) is 11.5. The Labute approximate surface area is 115 Å². The van der Waals surface area contributed by atoms with Crippen molar-refractivity contribution in [2.24, 2.45) is 5.92 Å². The van der Waals surface area contributed by atoms with Crippen LogP contribution in [0.25, 0.3) is 0 Å². The van der Waals surface area contributed by atoms with Crippen molar-refractivity contribution in [2.75, 3.05) is 5.73 Å². The SMILES string of the molecule is CCC(CC1CC1)NS(=O)(=O)c1cc(N)ccc1C. The summed E-state index contributed by atoms with van der Waals surface area (Å²) in [6.45, 7) is 3.80. The molecule has 0 saturated heterocycles. The van der Waals surface area contributed by atoms with Crippen LogP contribution in [0, 0.1) is 12.8 Å². The highest BCUT2D eigenvalue weighted by Crippen LogP contribution is 2.34. The quantitative estimate of drug-likeness (QED) is 0.787. The fourth-order valence-electron chi connectivity index (χ4n) is 2.24. The highest BCUT2D eigenvalue weighted by molar-refractivity contribution is 7.89. The lowest BCUT2D eigenvalue weighted by Crippen LogP contribution is -2.35. The number of hydrogen-bond acceptors (Lipinski definition) is 3. The minimum atomic E-state index is -3.47. The van der Waals surface area contributed by atoms with Crippen LogP contribution in [0.5, 0.6) is 0 Å². The summed E-state index contributed by atoms with van der Waals surface area (Å²) < 4.78 is 27.6. The Balaban J connectivity index is 2.18. The normalized spacial score (nSPS) is 17.4. The number of nitrogens with one attached hydrogen (secondary N) is 1. The van der Waals surface area contributed by atoms with E-state index in [0.29, 0.717) is 16.5 Å². The molecule has 0 amide bonds. The van der Waals surface area contributed by atoms with Crippen LogP contribution in [-0.2, 0) is 10.0 Å². The minimum Gasteiger partial charge on any atom is -0.399 e. The molecule has 0 radical (unpaired) electrons. The van der Waals surface area contributed by atoms with Crippen molar-refractivity contribution in [1.82, 2.24) is 4.72 Å². The summed E-state index contributed by atoms with van der Waals surface area (Å²) in [5, 5.41) is 0. The van der Waals surface area contributed by atoms with Gasteiger partial charge in [0.15, 0.2) is 0 Å². The van der Waals surface area contributed by atoms with E-state index in [1.54, 1.807) is 19.1 Å². The number of nitrogens with two attached hydrogens (primary N) is 1. The van der Waals surface area contributed by atoms with Gasteiger partial charge in [0.1, 0.15) is 0 Å². The van der Waals surface area contributed by atoms with Crippen LogP contribution in [0.4, 0.5) is 5.69 Å². The lowest BCUT2D eigenvalue weighted by Gasteiger charge is -2.18. The summed E-state index contributed by atoms with van der Waals surface area (Å²) in [4.78, 5) is 0.293. The summed E-state index contributed by atoms with van der Waals surface area (Å²) in [5.74, 6) is 0.703. The molecule has 106 valence electrons. The zero-order chi connectivity index (χ0) is 14.0. The van der Waals surface area contributed by atoms with Gasteiger partial charge in [0, 0.05) is 11.7 Å². The number of anilines is 1. The molecule has 1 unspecified atom stereocenters. The van der Waals surface area contributed by atoms with Crippen LogP contribution in [0.1, 0.15) is 38.2 Å². The zero-order valence-corrected chi connectivity index (χ0v) is 12.3. The van der Waals surface area contributed by atoms with Gasteiger partial charge in [0.05, 0.1) is 4.90 Å². The molecule has 2 rings (SSSR count). The van der Waals surface area contributed by atoms with Crippen molar-refractivity contribution in [2.45, 2.75) is 50.5 Å². The number of rotatable bonds is 6. The standard InChI is InChI=1S/C14H22N2O2S/c1-3-13(8-11-5-6-11)16-19(17,18)14-9-12(15)7-4-10(14)2/h4,7,9,11,13,16H,3,5-6,8,15H2,1-2H3. The second-order valence-electron chi connectivity index (χ2n) is 5.43. The first kappa shape index (κ1) is 14.3. The van der Waals surface area contributed by atoms with Crippen molar-refractivity contribution in [3.8, 4) is 0 Å². The molecule has 1 aromatic carbocycles. The van der Waals surface area contributed by atoms with Crippen LogP contribution < -0.4 is 10.5 Å². The average Bonchev–Trinajstić information content (AvgIpc) is 3.15. The molecule has 1 atom stereocenters. The lowest BCUT2D eigenvalue weighted by molar-refractivity contribution is 0.495. The fraction of sp³-hybridized carbons (Fsp3) is 0.571. The summed E-state index contributed by atoms with van der Waals surface area (Å²) >= 11 is 0. The molecule has 0 heterocycles. The Hall–Kier alpha value is -1.07. The van der Waals surface area contributed by atoms with Gasteiger partial charge in [-0.05, 0) is 43.4 Å². The van der Waals surface area contributed by atoms with Crippen LogP contribution in [-0.4, -0.2) is 14.5 Å². The van der Waals surface area contributed by atoms with Gasteiger partial charge in [-0.15, -0.1) is 0 Å². The largest absolute Gasteiger partial charge is 0.399 e. The van der Waals surface area contributed by atoms with Gasteiger partial charge in [-0.3, -0.25) is 0 Å². The Morgan fingerprint density at radius 3 is 2.68 bits per heavy atom. The maximum Gasteiger partial charge on any atom is 0.241 e. The predicted molar refractivity (Wildman–Crippen MR) is 77.3 cm³/mol. The first-order chi connectivity index (χ1) is 8.92. The number of sulfonamides is 1. The van der Waals surface area contributed by atoms with E-state index >= 15 is 0 Å². The third kappa shape index (κ3) is 3.70. The summed E-state index contributed by atoms with van der Waals surface area (Å²) in [7, 11) is -3.47. The van der Waals surface area contributed by atoms with E-state index in [9.17, 15) is 8.42 Å². The van der Waals surface area contributed by atoms with E-state index in [4.69, 9.17) is 5.73 Å². The molecule has 1 aliphatic rings. The van der Waals surface area contributed by atoms with Crippen LogP contribution in [0.3, 0.4) is 0 Å². The highest BCUT2D eigenvalue weighted by Gasteiger charge is 2.28.